The van der Waals surface area contributed by atoms with Gasteiger partial charge in [0.25, 0.3) is 0 Å². The first-order chi connectivity index (χ1) is 9.03. The van der Waals surface area contributed by atoms with Gasteiger partial charge in [-0.2, -0.15) is 5.26 Å². The van der Waals surface area contributed by atoms with Crippen molar-refractivity contribution >= 4 is 10.0 Å². The second-order valence-corrected chi connectivity index (χ2v) is 6.51. The van der Waals surface area contributed by atoms with Crippen molar-refractivity contribution in [2.75, 3.05) is 20.1 Å². The van der Waals surface area contributed by atoms with E-state index >= 15 is 0 Å². The largest absolute Gasteiger partial charge is 0.305 e. The van der Waals surface area contributed by atoms with E-state index in [1.54, 1.807) is 12.1 Å². The van der Waals surface area contributed by atoms with Crippen LogP contribution in [-0.4, -0.2) is 39.5 Å². The minimum Gasteiger partial charge on any atom is -0.305 e. The number of sulfonamides is 1. The molecule has 1 saturated heterocycles. The van der Waals surface area contributed by atoms with Gasteiger partial charge in [0.2, 0.25) is 10.0 Å². The third-order valence-electron chi connectivity index (χ3n) is 3.24. The zero-order chi connectivity index (χ0) is 13.9. The molecular weight excluding hydrogens is 262 g/mol. The van der Waals surface area contributed by atoms with Crippen LogP contribution in [0.4, 0.5) is 0 Å². The molecule has 2 rings (SSSR count). The van der Waals surface area contributed by atoms with Crippen LogP contribution in [0.3, 0.4) is 0 Å². The van der Waals surface area contributed by atoms with Crippen LogP contribution in [0.5, 0.6) is 0 Å². The number of nitrogens with one attached hydrogen (secondary N) is 1. The van der Waals surface area contributed by atoms with Gasteiger partial charge in [-0.3, -0.25) is 0 Å². The maximum atomic E-state index is 12.3. The van der Waals surface area contributed by atoms with E-state index in [0.29, 0.717) is 6.54 Å². The van der Waals surface area contributed by atoms with Crippen LogP contribution in [-0.2, 0) is 10.0 Å². The van der Waals surface area contributed by atoms with E-state index in [1.807, 2.05) is 13.1 Å². The van der Waals surface area contributed by atoms with Gasteiger partial charge in [0.1, 0.15) is 6.07 Å². The first-order valence-corrected chi connectivity index (χ1v) is 7.71. The second kappa shape index (κ2) is 5.70. The molecule has 0 aromatic heterocycles. The molecule has 0 radical (unpaired) electrons. The van der Waals surface area contributed by atoms with Crippen molar-refractivity contribution in [3.8, 4) is 6.07 Å². The van der Waals surface area contributed by atoms with Crippen LogP contribution in [0.15, 0.2) is 29.2 Å². The monoisotopic (exact) mass is 279 g/mol. The highest BCUT2D eigenvalue weighted by atomic mass is 32.2. The number of nitrogens with zero attached hydrogens (tertiary/aromatic N) is 2. The lowest BCUT2D eigenvalue weighted by Gasteiger charge is -2.30. The number of piperidine rings is 1. The van der Waals surface area contributed by atoms with Gasteiger partial charge in [-0.25, -0.2) is 13.1 Å². The molecule has 5 nitrogen and oxygen atoms in total. The molecule has 0 bridgehead atoms. The van der Waals surface area contributed by atoms with Gasteiger partial charge in [0, 0.05) is 12.6 Å². The van der Waals surface area contributed by atoms with Crippen molar-refractivity contribution in [1.29, 1.82) is 5.26 Å². The number of hydrogen-bond donors (Lipinski definition) is 1. The van der Waals surface area contributed by atoms with Gasteiger partial charge in [-0.05, 0) is 38.6 Å². The molecule has 0 saturated carbocycles. The van der Waals surface area contributed by atoms with Gasteiger partial charge in [-0.1, -0.05) is 12.1 Å². The molecule has 1 heterocycles. The Hall–Kier alpha value is -1.42. The topological polar surface area (TPSA) is 73.2 Å². The fourth-order valence-electron chi connectivity index (χ4n) is 2.34. The summed E-state index contributed by atoms with van der Waals surface area (Å²) in [4.78, 5) is 2.16. The van der Waals surface area contributed by atoms with Crippen LogP contribution in [0, 0.1) is 11.3 Å². The number of likely N-dealkylation sites (N-methyl/N-ethyl adjacent to an activating group) is 1. The molecule has 1 atom stereocenters. The Balaban J connectivity index is 2.21. The molecule has 1 fully saturated rings. The van der Waals surface area contributed by atoms with E-state index in [4.69, 9.17) is 5.26 Å². The molecule has 1 unspecified atom stereocenters. The number of benzene rings is 1. The van der Waals surface area contributed by atoms with E-state index in [9.17, 15) is 8.42 Å². The Morgan fingerprint density at radius 2 is 2.16 bits per heavy atom. The van der Waals surface area contributed by atoms with Crippen molar-refractivity contribution in [3.05, 3.63) is 29.8 Å². The first-order valence-electron chi connectivity index (χ1n) is 6.23. The van der Waals surface area contributed by atoms with E-state index in [1.165, 1.54) is 12.1 Å². The van der Waals surface area contributed by atoms with E-state index in [0.717, 1.165) is 19.4 Å². The minimum absolute atomic E-state index is 0.0609. The summed E-state index contributed by atoms with van der Waals surface area (Å²) < 4.78 is 27.3. The molecule has 1 aromatic rings. The summed E-state index contributed by atoms with van der Waals surface area (Å²) in [5.74, 6) is 0. The molecular formula is C13H17N3O2S. The standard InChI is InChI=1S/C13H17N3O2S/c1-16-8-4-6-12(10-16)15-19(17,18)13-7-3-2-5-11(13)9-14/h2-3,5,7,12,15H,4,6,8,10H2,1H3. The highest BCUT2D eigenvalue weighted by Gasteiger charge is 2.25. The van der Waals surface area contributed by atoms with Gasteiger partial charge < -0.3 is 4.90 Å². The van der Waals surface area contributed by atoms with Crippen molar-refractivity contribution in [2.45, 2.75) is 23.8 Å². The fraction of sp³-hybridized carbons (Fsp3) is 0.462. The number of nitriles is 1. The Bertz CT molecular complexity index is 592. The number of hydrogen-bond acceptors (Lipinski definition) is 4. The molecule has 0 amide bonds. The smallest absolute Gasteiger partial charge is 0.242 e. The normalized spacial score (nSPS) is 20.9. The molecule has 1 aliphatic rings. The van der Waals surface area contributed by atoms with Crippen molar-refractivity contribution in [2.24, 2.45) is 0 Å². The molecule has 102 valence electrons. The second-order valence-electron chi connectivity index (χ2n) is 4.83. The van der Waals surface area contributed by atoms with Crippen LogP contribution in [0.2, 0.25) is 0 Å². The summed E-state index contributed by atoms with van der Waals surface area (Å²) in [6, 6.07) is 8.10. The average Bonchev–Trinajstić information content (AvgIpc) is 2.38. The van der Waals surface area contributed by atoms with Gasteiger partial charge in [-0.15, -0.1) is 0 Å². The van der Waals surface area contributed by atoms with Crippen LogP contribution in [0.1, 0.15) is 18.4 Å². The first kappa shape index (κ1) is 14.0. The van der Waals surface area contributed by atoms with Crippen molar-refractivity contribution in [3.63, 3.8) is 0 Å². The van der Waals surface area contributed by atoms with Gasteiger partial charge in [0.05, 0.1) is 10.5 Å². The lowest BCUT2D eigenvalue weighted by Crippen LogP contribution is -2.46. The van der Waals surface area contributed by atoms with Crippen molar-refractivity contribution < 1.29 is 8.42 Å². The van der Waals surface area contributed by atoms with Crippen molar-refractivity contribution in [1.82, 2.24) is 9.62 Å². The Labute approximate surface area is 113 Å². The van der Waals surface area contributed by atoms with E-state index < -0.39 is 10.0 Å². The maximum absolute atomic E-state index is 12.3. The van der Waals surface area contributed by atoms with Gasteiger partial charge >= 0.3 is 0 Å². The van der Waals surface area contributed by atoms with Crippen LogP contribution in [0.25, 0.3) is 0 Å². The Morgan fingerprint density at radius 1 is 1.42 bits per heavy atom. The molecule has 0 aliphatic carbocycles. The number of rotatable bonds is 3. The molecule has 19 heavy (non-hydrogen) atoms. The summed E-state index contributed by atoms with van der Waals surface area (Å²) in [5.41, 5.74) is 0.180. The third kappa shape index (κ3) is 3.32. The lowest BCUT2D eigenvalue weighted by atomic mass is 10.1. The molecule has 6 heteroatoms. The van der Waals surface area contributed by atoms with E-state index in [-0.39, 0.29) is 16.5 Å². The zero-order valence-corrected chi connectivity index (χ0v) is 11.7. The summed E-state index contributed by atoms with van der Waals surface area (Å²) >= 11 is 0. The van der Waals surface area contributed by atoms with Gasteiger partial charge in [0.15, 0.2) is 0 Å². The Kier molecular flexibility index (Phi) is 4.20. The molecule has 1 N–H and O–H groups in total. The summed E-state index contributed by atoms with van der Waals surface area (Å²) in [7, 11) is -1.65. The zero-order valence-electron chi connectivity index (χ0n) is 10.8. The minimum atomic E-state index is -3.63. The van der Waals surface area contributed by atoms with Crippen LogP contribution >= 0.6 is 0 Å². The fourth-order valence-corrected chi connectivity index (χ4v) is 3.76. The summed E-state index contributed by atoms with van der Waals surface area (Å²) in [6.07, 6.45) is 1.81. The average molecular weight is 279 g/mol. The Morgan fingerprint density at radius 3 is 2.84 bits per heavy atom. The van der Waals surface area contributed by atoms with Crippen LogP contribution < -0.4 is 4.72 Å². The maximum Gasteiger partial charge on any atom is 0.242 e. The van der Waals surface area contributed by atoms with E-state index in [2.05, 4.69) is 9.62 Å². The molecule has 0 spiro atoms. The highest BCUT2D eigenvalue weighted by Crippen LogP contribution is 2.17. The summed E-state index contributed by atoms with van der Waals surface area (Å²) in [6.45, 7) is 1.70. The highest BCUT2D eigenvalue weighted by molar-refractivity contribution is 7.89. The lowest BCUT2D eigenvalue weighted by molar-refractivity contribution is 0.242. The number of likely N-dealkylation sites (tertiary alicyclic amines) is 1. The third-order valence-corrected chi connectivity index (χ3v) is 4.82. The molecule has 1 aliphatic heterocycles. The predicted molar refractivity (Wildman–Crippen MR) is 72.0 cm³/mol. The SMILES string of the molecule is CN1CCCC(NS(=O)(=O)c2ccccc2C#N)C1. The predicted octanol–water partition coefficient (Wildman–Crippen LogP) is 0.931. The molecule has 1 aromatic carbocycles. The summed E-state index contributed by atoms with van der Waals surface area (Å²) in [5, 5.41) is 8.98. The quantitative estimate of drug-likeness (QED) is 0.893.